The van der Waals surface area contributed by atoms with E-state index in [-0.39, 0.29) is 23.2 Å². The summed E-state index contributed by atoms with van der Waals surface area (Å²) >= 11 is 0. The first-order valence-corrected chi connectivity index (χ1v) is 8.37. The van der Waals surface area contributed by atoms with E-state index in [1.165, 1.54) is 26.2 Å². The van der Waals surface area contributed by atoms with Gasteiger partial charge in [-0.2, -0.15) is 0 Å². The highest BCUT2D eigenvalue weighted by atomic mass is 35.5. The highest BCUT2D eigenvalue weighted by Gasteiger charge is 2.20. The molecular weight excluding hydrogens is 326 g/mol. The van der Waals surface area contributed by atoms with Crippen LogP contribution >= 0.6 is 12.4 Å². The zero-order chi connectivity index (χ0) is 15.5. The van der Waals surface area contributed by atoms with Crippen LogP contribution in [0.1, 0.15) is 12.8 Å². The van der Waals surface area contributed by atoms with Crippen LogP contribution in [-0.2, 0) is 14.8 Å². The largest absolute Gasteiger partial charge is 0.326 e. The number of carbonyl (C=O) groups excluding carboxylic acids is 1. The van der Waals surface area contributed by atoms with Gasteiger partial charge in [0.15, 0.2) is 0 Å². The van der Waals surface area contributed by atoms with Gasteiger partial charge in [0.2, 0.25) is 15.9 Å². The van der Waals surface area contributed by atoms with E-state index in [9.17, 15) is 13.2 Å². The lowest BCUT2D eigenvalue weighted by Gasteiger charge is -2.13. The van der Waals surface area contributed by atoms with Gasteiger partial charge in [0.25, 0.3) is 0 Å². The minimum atomic E-state index is -3.49. The summed E-state index contributed by atoms with van der Waals surface area (Å²) in [6.45, 7) is 1.82. The van der Waals surface area contributed by atoms with Gasteiger partial charge < -0.3 is 10.6 Å². The predicted molar refractivity (Wildman–Crippen MR) is 88.8 cm³/mol. The van der Waals surface area contributed by atoms with Gasteiger partial charge in [0, 0.05) is 26.2 Å². The number of amides is 1. The molecule has 0 radical (unpaired) electrons. The van der Waals surface area contributed by atoms with E-state index in [1.54, 1.807) is 12.1 Å². The van der Waals surface area contributed by atoms with Crippen molar-refractivity contribution < 1.29 is 13.2 Å². The van der Waals surface area contributed by atoms with Crippen LogP contribution in [0.2, 0.25) is 0 Å². The number of sulfonamides is 1. The number of hydrogen-bond donors (Lipinski definition) is 2. The van der Waals surface area contributed by atoms with E-state index in [2.05, 4.69) is 10.6 Å². The summed E-state index contributed by atoms with van der Waals surface area (Å²) in [7, 11) is -0.526. The molecule has 2 N–H and O–H groups in total. The van der Waals surface area contributed by atoms with Crippen molar-refractivity contribution in [2.24, 2.45) is 5.92 Å². The lowest BCUT2D eigenvalue weighted by atomic mass is 10.0. The zero-order valence-electron chi connectivity index (χ0n) is 12.7. The molecule has 1 aliphatic rings. The van der Waals surface area contributed by atoms with E-state index in [1.807, 2.05) is 0 Å². The number of nitrogens with zero attached hydrogens (tertiary/aromatic N) is 1. The number of hydrogen-bond acceptors (Lipinski definition) is 4. The summed E-state index contributed by atoms with van der Waals surface area (Å²) in [5.74, 6) is 0.279. The Morgan fingerprint density at radius 2 is 2.14 bits per heavy atom. The number of anilines is 1. The summed E-state index contributed by atoms with van der Waals surface area (Å²) < 4.78 is 25.3. The molecule has 1 heterocycles. The van der Waals surface area contributed by atoms with E-state index in [0.29, 0.717) is 18.0 Å². The van der Waals surface area contributed by atoms with Crippen molar-refractivity contribution in [3.8, 4) is 0 Å². The molecule has 124 valence electrons. The second-order valence-electron chi connectivity index (χ2n) is 5.43. The van der Waals surface area contributed by atoms with Crippen molar-refractivity contribution in [3.05, 3.63) is 24.3 Å². The average Bonchev–Trinajstić information content (AvgIpc) is 2.91. The minimum Gasteiger partial charge on any atom is -0.326 e. The molecule has 2 rings (SSSR count). The Morgan fingerprint density at radius 1 is 1.41 bits per heavy atom. The van der Waals surface area contributed by atoms with Gasteiger partial charge in [-0.15, -0.1) is 12.4 Å². The average molecular weight is 348 g/mol. The fourth-order valence-electron chi connectivity index (χ4n) is 2.31. The molecule has 0 spiro atoms. The maximum atomic E-state index is 12.1. The van der Waals surface area contributed by atoms with Crippen LogP contribution in [0.4, 0.5) is 5.69 Å². The smallest absolute Gasteiger partial charge is 0.242 e. The minimum absolute atomic E-state index is 0. The fraction of sp³-hybridized carbons (Fsp3) is 0.500. The maximum absolute atomic E-state index is 12.1. The Labute approximate surface area is 137 Å². The molecule has 0 saturated carbocycles. The van der Waals surface area contributed by atoms with Crippen LogP contribution in [-0.4, -0.2) is 45.8 Å². The number of benzene rings is 1. The van der Waals surface area contributed by atoms with Crippen molar-refractivity contribution in [2.75, 3.05) is 32.5 Å². The molecule has 1 unspecified atom stereocenters. The van der Waals surface area contributed by atoms with Gasteiger partial charge in [-0.05, 0) is 43.6 Å². The third kappa shape index (κ3) is 4.67. The molecule has 1 fully saturated rings. The molecule has 1 saturated heterocycles. The molecule has 1 aromatic carbocycles. The van der Waals surface area contributed by atoms with Crippen molar-refractivity contribution >= 4 is 34.0 Å². The van der Waals surface area contributed by atoms with Crippen LogP contribution in [0.15, 0.2) is 29.2 Å². The van der Waals surface area contributed by atoms with E-state index < -0.39 is 10.0 Å². The highest BCUT2D eigenvalue weighted by Crippen LogP contribution is 2.19. The lowest BCUT2D eigenvalue weighted by Crippen LogP contribution is -2.22. The Bertz CT molecular complexity index is 614. The summed E-state index contributed by atoms with van der Waals surface area (Å²) in [4.78, 5) is 12.1. The van der Waals surface area contributed by atoms with Gasteiger partial charge in [-0.3, -0.25) is 4.79 Å². The van der Waals surface area contributed by atoms with Crippen molar-refractivity contribution in [2.45, 2.75) is 17.7 Å². The van der Waals surface area contributed by atoms with Crippen molar-refractivity contribution in [1.82, 2.24) is 9.62 Å². The molecule has 6 nitrogen and oxygen atoms in total. The number of carbonyl (C=O) groups is 1. The quantitative estimate of drug-likeness (QED) is 0.841. The Balaban J connectivity index is 0.00000242. The normalized spacial score (nSPS) is 18.0. The molecule has 0 bridgehead atoms. The van der Waals surface area contributed by atoms with Crippen LogP contribution in [0.25, 0.3) is 0 Å². The molecule has 22 heavy (non-hydrogen) atoms. The third-order valence-electron chi connectivity index (χ3n) is 3.53. The van der Waals surface area contributed by atoms with Crippen LogP contribution in [0, 0.1) is 5.92 Å². The SMILES string of the molecule is CN(C)S(=O)(=O)c1cccc(NC(=O)CC2CCNC2)c1.Cl. The van der Waals surface area contributed by atoms with Crippen molar-refractivity contribution in [1.29, 1.82) is 0 Å². The first-order chi connectivity index (χ1) is 9.89. The summed E-state index contributed by atoms with van der Waals surface area (Å²) in [5, 5.41) is 5.99. The Hall–Kier alpha value is -1.15. The fourth-order valence-corrected chi connectivity index (χ4v) is 3.26. The molecule has 1 amide bonds. The molecule has 0 aromatic heterocycles. The second-order valence-corrected chi connectivity index (χ2v) is 7.58. The predicted octanol–water partition coefficient (Wildman–Crippen LogP) is 1.30. The highest BCUT2D eigenvalue weighted by molar-refractivity contribution is 7.89. The van der Waals surface area contributed by atoms with Gasteiger partial charge in [-0.25, -0.2) is 12.7 Å². The number of rotatable bonds is 5. The van der Waals surface area contributed by atoms with Crippen LogP contribution in [0.5, 0.6) is 0 Å². The van der Waals surface area contributed by atoms with E-state index in [4.69, 9.17) is 0 Å². The second kappa shape index (κ2) is 7.92. The number of nitrogens with one attached hydrogen (secondary N) is 2. The van der Waals surface area contributed by atoms with Crippen LogP contribution in [0.3, 0.4) is 0 Å². The van der Waals surface area contributed by atoms with Crippen LogP contribution < -0.4 is 10.6 Å². The van der Waals surface area contributed by atoms with E-state index in [0.717, 1.165) is 23.8 Å². The summed E-state index contributed by atoms with van der Waals surface area (Å²) in [5.41, 5.74) is 0.508. The molecular formula is C14H22ClN3O3S. The monoisotopic (exact) mass is 347 g/mol. The Morgan fingerprint density at radius 3 is 2.73 bits per heavy atom. The summed E-state index contributed by atoms with van der Waals surface area (Å²) in [6, 6.07) is 6.33. The van der Waals surface area contributed by atoms with E-state index >= 15 is 0 Å². The van der Waals surface area contributed by atoms with Gasteiger partial charge in [-0.1, -0.05) is 6.07 Å². The van der Waals surface area contributed by atoms with Gasteiger partial charge in [0.05, 0.1) is 4.90 Å². The molecule has 1 aromatic rings. The Kier molecular flexibility index (Phi) is 6.80. The number of halogens is 1. The summed E-state index contributed by atoms with van der Waals surface area (Å²) in [6.07, 6.45) is 1.46. The van der Waals surface area contributed by atoms with Crippen molar-refractivity contribution in [3.63, 3.8) is 0 Å². The molecule has 8 heteroatoms. The first-order valence-electron chi connectivity index (χ1n) is 6.93. The molecule has 0 aliphatic carbocycles. The molecule has 1 aliphatic heterocycles. The zero-order valence-corrected chi connectivity index (χ0v) is 14.3. The third-order valence-corrected chi connectivity index (χ3v) is 5.34. The standard InChI is InChI=1S/C14H21N3O3S.ClH/c1-17(2)21(19,20)13-5-3-4-12(9-13)16-14(18)8-11-6-7-15-10-11;/h3-5,9,11,15H,6-8,10H2,1-2H3,(H,16,18);1H. The molecule has 1 atom stereocenters. The first kappa shape index (κ1) is 18.9. The topological polar surface area (TPSA) is 78.5 Å². The van der Waals surface area contributed by atoms with Gasteiger partial charge in [0.1, 0.15) is 0 Å². The van der Waals surface area contributed by atoms with Gasteiger partial charge >= 0.3 is 0 Å². The maximum Gasteiger partial charge on any atom is 0.242 e. The lowest BCUT2D eigenvalue weighted by molar-refractivity contribution is -0.116.